The standard InChI is InChI=1S/C51H32N4O/c1-4-13-33(14-5-1)35-17-12-18-38(29-35)50-52-49(34-15-6-2-7-16-34)53-51(54-50)39-24-27-43-42-26-23-37(31-47(42)56-48(43)32-39)36-25-28-46-44(30-36)41-21-10-11-22-45(41)55(46)40-19-8-3-9-20-40/h1-32H. The molecule has 0 atom stereocenters. The molecule has 0 fully saturated rings. The highest BCUT2D eigenvalue weighted by Crippen LogP contribution is 2.38. The maximum absolute atomic E-state index is 6.62. The minimum Gasteiger partial charge on any atom is -0.456 e. The summed E-state index contributed by atoms with van der Waals surface area (Å²) in [6.45, 7) is 0. The van der Waals surface area contributed by atoms with Crippen LogP contribution in [0.5, 0.6) is 0 Å². The topological polar surface area (TPSA) is 56.7 Å². The molecular weight excluding hydrogens is 685 g/mol. The van der Waals surface area contributed by atoms with Crippen molar-refractivity contribution in [2.45, 2.75) is 0 Å². The maximum Gasteiger partial charge on any atom is 0.164 e. The Balaban J connectivity index is 1.000. The molecule has 0 unspecified atom stereocenters. The quantitative estimate of drug-likeness (QED) is 0.172. The molecule has 5 nitrogen and oxygen atoms in total. The first-order valence-electron chi connectivity index (χ1n) is 18.8. The van der Waals surface area contributed by atoms with Crippen molar-refractivity contribution in [1.82, 2.24) is 19.5 Å². The van der Waals surface area contributed by atoms with Gasteiger partial charge in [-0.3, -0.25) is 0 Å². The summed E-state index contributed by atoms with van der Waals surface area (Å²) in [4.78, 5) is 15.0. The Hall–Kier alpha value is -7.63. The number of aromatic nitrogens is 4. The van der Waals surface area contributed by atoms with Crippen LogP contribution in [0, 0.1) is 0 Å². The molecule has 56 heavy (non-hydrogen) atoms. The van der Waals surface area contributed by atoms with Crippen molar-refractivity contribution in [3.05, 3.63) is 194 Å². The molecular formula is C51H32N4O. The summed E-state index contributed by atoms with van der Waals surface area (Å²) in [7, 11) is 0. The van der Waals surface area contributed by atoms with Crippen LogP contribution in [0.25, 0.3) is 106 Å². The van der Waals surface area contributed by atoms with E-state index in [0.29, 0.717) is 17.5 Å². The molecule has 262 valence electrons. The van der Waals surface area contributed by atoms with Gasteiger partial charge in [-0.2, -0.15) is 0 Å². The molecule has 0 aliphatic rings. The van der Waals surface area contributed by atoms with E-state index in [1.165, 1.54) is 21.8 Å². The van der Waals surface area contributed by atoms with Crippen LogP contribution in [-0.4, -0.2) is 19.5 Å². The molecule has 0 aliphatic heterocycles. The normalized spacial score (nSPS) is 11.6. The monoisotopic (exact) mass is 716 g/mol. The van der Waals surface area contributed by atoms with E-state index in [2.05, 4.69) is 156 Å². The molecule has 8 aromatic carbocycles. The number of para-hydroxylation sites is 2. The summed E-state index contributed by atoms with van der Waals surface area (Å²) in [5.74, 6) is 1.82. The fourth-order valence-electron chi connectivity index (χ4n) is 7.92. The highest BCUT2D eigenvalue weighted by Gasteiger charge is 2.17. The van der Waals surface area contributed by atoms with E-state index in [9.17, 15) is 0 Å². The SMILES string of the molecule is c1ccc(-c2cccc(-c3nc(-c4ccccc4)nc(-c4ccc5c(c4)oc4cc(-c6ccc7c(c6)c6ccccc6n7-c6ccccc6)ccc45)n3)c2)cc1. The summed E-state index contributed by atoms with van der Waals surface area (Å²) in [5, 5.41) is 4.56. The Morgan fingerprint density at radius 2 is 0.786 bits per heavy atom. The predicted molar refractivity (Wildman–Crippen MR) is 229 cm³/mol. The lowest BCUT2D eigenvalue weighted by Crippen LogP contribution is -2.00. The first kappa shape index (κ1) is 31.9. The van der Waals surface area contributed by atoms with Crippen molar-refractivity contribution in [1.29, 1.82) is 0 Å². The molecule has 3 heterocycles. The molecule has 0 N–H and O–H groups in total. The minimum atomic E-state index is 0.588. The minimum absolute atomic E-state index is 0.588. The van der Waals surface area contributed by atoms with E-state index in [4.69, 9.17) is 19.4 Å². The van der Waals surface area contributed by atoms with Crippen molar-refractivity contribution >= 4 is 43.7 Å². The molecule has 0 saturated carbocycles. The molecule has 0 radical (unpaired) electrons. The third-order valence-corrected chi connectivity index (χ3v) is 10.6. The number of hydrogen-bond donors (Lipinski definition) is 0. The number of nitrogens with zero attached hydrogens (tertiary/aromatic N) is 4. The average molecular weight is 717 g/mol. The lowest BCUT2D eigenvalue weighted by Gasteiger charge is -2.09. The van der Waals surface area contributed by atoms with Gasteiger partial charge in [-0.1, -0.05) is 133 Å². The molecule has 0 saturated heterocycles. The summed E-state index contributed by atoms with van der Waals surface area (Å²) < 4.78 is 8.96. The van der Waals surface area contributed by atoms with Crippen LogP contribution in [0.2, 0.25) is 0 Å². The summed E-state index contributed by atoms with van der Waals surface area (Å²) >= 11 is 0. The van der Waals surface area contributed by atoms with Crippen molar-refractivity contribution < 1.29 is 4.42 Å². The van der Waals surface area contributed by atoms with Crippen LogP contribution >= 0.6 is 0 Å². The Morgan fingerprint density at radius 3 is 1.52 bits per heavy atom. The number of hydrogen-bond acceptors (Lipinski definition) is 4. The van der Waals surface area contributed by atoms with Crippen LogP contribution in [0.3, 0.4) is 0 Å². The van der Waals surface area contributed by atoms with Crippen molar-refractivity contribution in [2.24, 2.45) is 0 Å². The van der Waals surface area contributed by atoms with E-state index in [-0.39, 0.29) is 0 Å². The lowest BCUT2D eigenvalue weighted by molar-refractivity contribution is 0.669. The Bertz CT molecular complexity index is 3240. The van der Waals surface area contributed by atoms with Crippen LogP contribution in [0.15, 0.2) is 199 Å². The maximum atomic E-state index is 6.62. The van der Waals surface area contributed by atoms with Gasteiger partial charge >= 0.3 is 0 Å². The zero-order valence-electron chi connectivity index (χ0n) is 30.2. The van der Waals surface area contributed by atoms with Gasteiger partial charge in [-0.15, -0.1) is 0 Å². The predicted octanol–water partition coefficient (Wildman–Crippen LogP) is 13.2. The number of fused-ring (bicyclic) bond motifs is 6. The number of rotatable bonds is 6. The van der Waals surface area contributed by atoms with Gasteiger partial charge in [0.1, 0.15) is 11.2 Å². The summed E-state index contributed by atoms with van der Waals surface area (Å²) in [6.07, 6.45) is 0. The second-order valence-electron chi connectivity index (χ2n) is 14.1. The Kier molecular flexibility index (Phi) is 7.42. The van der Waals surface area contributed by atoms with E-state index in [1.807, 2.05) is 42.5 Å². The zero-order chi connectivity index (χ0) is 37.0. The van der Waals surface area contributed by atoms with Gasteiger partial charge in [0.25, 0.3) is 0 Å². The molecule has 5 heteroatoms. The third-order valence-electron chi connectivity index (χ3n) is 10.6. The van der Waals surface area contributed by atoms with Gasteiger partial charge in [0.05, 0.1) is 11.0 Å². The Labute approximate surface area is 322 Å². The van der Waals surface area contributed by atoms with Crippen LogP contribution < -0.4 is 0 Å². The van der Waals surface area contributed by atoms with E-state index >= 15 is 0 Å². The molecule has 11 rings (SSSR count). The van der Waals surface area contributed by atoms with Gasteiger partial charge in [0.2, 0.25) is 0 Å². The molecule has 0 aliphatic carbocycles. The second kappa shape index (κ2) is 13.0. The zero-order valence-corrected chi connectivity index (χ0v) is 30.2. The van der Waals surface area contributed by atoms with Crippen molar-refractivity contribution in [2.75, 3.05) is 0 Å². The van der Waals surface area contributed by atoms with E-state index in [0.717, 1.165) is 66.6 Å². The smallest absolute Gasteiger partial charge is 0.164 e. The second-order valence-corrected chi connectivity index (χ2v) is 14.1. The van der Waals surface area contributed by atoms with Gasteiger partial charge in [0.15, 0.2) is 17.5 Å². The molecule has 0 spiro atoms. The van der Waals surface area contributed by atoms with Gasteiger partial charge in [0, 0.05) is 43.9 Å². The fourth-order valence-corrected chi connectivity index (χ4v) is 7.92. The first-order chi connectivity index (χ1) is 27.7. The summed E-state index contributed by atoms with van der Waals surface area (Å²) in [5.41, 5.74) is 12.3. The van der Waals surface area contributed by atoms with Crippen LogP contribution in [0.1, 0.15) is 0 Å². The van der Waals surface area contributed by atoms with Crippen LogP contribution in [0.4, 0.5) is 0 Å². The number of furan rings is 1. The van der Waals surface area contributed by atoms with E-state index < -0.39 is 0 Å². The van der Waals surface area contributed by atoms with Gasteiger partial charge < -0.3 is 8.98 Å². The van der Waals surface area contributed by atoms with Crippen molar-refractivity contribution in [3.63, 3.8) is 0 Å². The van der Waals surface area contributed by atoms with Gasteiger partial charge in [-0.25, -0.2) is 15.0 Å². The summed E-state index contributed by atoms with van der Waals surface area (Å²) in [6, 6.07) is 67.5. The largest absolute Gasteiger partial charge is 0.456 e. The molecule has 3 aromatic heterocycles. The number of benzene rings is 8. The molecule has 0 bridgehead atoms. The molecule has 11 aromatic rings. The van der Waals surface area contributed by atoms with E-state index in [1.54, 1.807) is 0 Å². The fraction of sp³-hybridized carbons (Fsp3) is 0. The third kappa shape index (κ3) is 5.45. The Morgan fingerprint density at radius 1 is 0.304 bits per heavy atom. The van der Waals surface area contributed by atoms with Crippen molar-refractivity contribution in [3.8, 4) is 62.1 Å². The molecule has 0 amide bonds. The van der Waals surface area contributed by atoms with Crippen LogP contribution in [-0.2, 0) is 0 Å². The highest BCUT2D eigenvalue weighted by atomic mass is 16.3. The highest BCUT2D eigenvalue weighted by molar-refractivity contribution is 6.11. The average Bonchev–Trinajstić information content (AvgIpc) is 3.81. The lowest BCUT2D eigenvalue weighted by atomic mass is 10.0. The first-order valence-corrected chi connectivity index (χ1v) is 18.8. The van der Waals surface area contributed by atoms with Gasteiger partial charge in [-0.05, 0) is 82.9 Å².